The van der Waals surface area contributed by atoms with Gasteiger partial charge in [0.2, 0.25) is 0 Å². The van der Waals surface area contributed by atoms with Gasteiger partial charge in [0, 0.05) is 12.0 Å². The first-order valence-electron chi connectivity index (χ1n) is 6.27. The van der Waals surface area contributed by atoms with Gasteiger partial charge in [0.1, 0.15) is 5.76 Å². The molecule has 90 valence electrons. The zero-order chi connectivity index (χ0) is 11.8. The highest BCUT2D eigenvalue weighted by Crippen LogP contribution is 2.18. The maximum Gasteiger partial charge on any atom is 0.338 e. The van der Waals surface area contributed by atoms with Crippen molar-refractivity contribution in [1.29, 1.82) is 0 Å². The molecule has 0 aromatic carbocycles. The molecule has 0 spiro atoms. The van der Waals surface area contributed by atoms with E-state index in [1.807, 2.05) is 0 Å². The van der Waals surface area contributed by atoms with E-state index in [0.717, 1.165) is 25.0 Å². The topological polar surface area (TPSA) is 26.3 Å². The highest BCUT2D eigenvalue weighted by molar-refractivity contribution is 5.87. The molecule has 0 fully saturated rings. The average Bonchev–Trinajstić information content (AvgIpc) is 2.27. The van der Waals surface area contributed by atoms with Crippen molar-refractivity contribution in [2.24, 2.45) is 0 Å². The van der Waals surface area contributed by atoms with Gasteiger partial charge in [0.15, 0.2) is 0 Å². The minimum absolute atomic E-state index is 0.289. The van der Waals surface area contributed by atoms with E-state index in [1.54, 1.807) is 6.92 Å². The molecule has 0 aromatic heterocycles. The number of rotatable bonds is 2. The van der Waals surface area contributed by atoms with Crippen LogP contribution in [0.3, 0.4) is 0 Å². The molecule has 0 heterocycles. The first kappa shape index (κ1) is 13.0. The average molecular weight is 222 g/mol. The lowest BCUT2D eigenvalue weighted by atomic mass is 10.0. The van der Waals surface area contributed by atoms with Crippen LogP contribution in [0.5, 0.6) is 0 Å². The van der Waals surface area contributed by atoms with E-state index in [1.165, 1.54) is 32.1 Å². The molecule has 1 aliphatic carbocycles. The summed E-state index contributed by atoms with van der Waals surface area (Å²) in [4.78, 5) is 11.4. The van der Waals surface area contributed by atoms with Crippen molar-refractivity contribution in [3.63, 3.8) is 0 Å². The van der Waals surface area contributed by atoms with Crippen molar-refractivity contribution in [1.82, 2.24) is 0 Å². The fourth-order valence-corrected chi connectivity index (χ4v) is 1.81. The van der Waals surface area contributed by atoms with Gasteiger partial charge in [-0.05, 0) is 32.3 Å². The SMILES string of the molecule is C=C(C)C(=O)O/C1=C/CCCCCCCC1. The fourth-order valence-electron chi connectivity index (χ4n) is 1.81. The lowest BCUT2D eigenvalue weighted by molar-refractivity contribution is -0.135. The summed E-state index contributed by atoms with van der Waals surface area (Å²) in [7, 11) is 0. The van der Waals surface area contributed by atoms with Gasteiger partial charge in [-0.2, -0.15) is 0 Å². The summed E-state index contributed by atoms with van der Waals surface area (Å²) in [6.45, 7) is 5.28. The van der Waals surface area contributed by atoms with Crippen molar-refractivity contribution >= 4 is 5.97 Å². The van der Waals surface area contributed by atoms with Gasteiger partial charge in [-0.15, -0.1) is 0 Å². The summed E-state index contributed by atoms with van der Waals surface area (Å²) in [6, 6.07) is 0. The van der Waals surface area contributed by atoms with Crippen LogP contribution in [-0.2, 0) is 9.53 Å². The summed E-state index contributed by atoms with van der Waals surface area (Å²) in [5, 5.41) is 0. The van der Waals surface area contributed by atoms with Gasteiger partial charge in [-0.25, -0.2) is 4.79 Å². The van der Waals surface area contributed by atoms with E-state index in [0.29, 0.717) is 5.57 Å². The third-order valence-corrected chi connectivity index (χ3v) is 2.82. The van der Waals surface area contributed by atoms with Gasteiger partial charge < -0.3 is 4.74 Å². The van der Waals surface area contributed by atoms with Crippen molar-refractivity contribution in [3.8, 4) is 0 Å². The molecule has 0 radical (unpaired) electrons. The number of ether oxygens (including phenoxy) is 1. The minimum atomic E-state index is -0.289. The third-order valence-electron chi connectivity index (χ3n) is 2.82. The number of esters is 1. The first-order chi connectivity index (χ1) is 7.70. The van der Waals surface area contributed by atoms with Crippen LogP contribution in [-0.4, -0.2) is 5.97 Å². The monoisotopic (exact) mass is 222 g/mol. The largest absolute Gasteiger partial charge is 0.428 e. The highest BCUT2D eigenvalue weighted by atomic mass is 16.5. The van der Waals surface area contributed by atoms with Gasteiger partial charge in [-0.3, -0.25) is 0 Å². The Labute approximate surface area is 98.4 Å². The molecule has 1 aliphatic rings. The second kappa shape index (κ2) is 7.26. The molecule has 0 saturated heterocycles. The maximum absolute atomic E-state index is 11.4. The van der Waals surface area contributed by atoms with Gasteiger partial charge in [0.05, 0.1) is 0 Å². The Morgan fingerprint density at radius 2 is 1.81 bits per heavy atom. The maximum atomic E-state index is 11.4. The van der Waals surface area contributed by atoms with Crippen LogP contribution >= 0.6 is 0 Å². The number of carbonyl (C=O) groups excluding carboxylic acids is 1. The Morgan fingerprint density at radius 3 is 2.50 bits per heavy atom. The Balaban J connectivity index is 2.49. The van der Waals surface area contributed by atoms with E-state index in [2.05, 4.69) is 12.7 Å². The molecule has 0 aromatic rings. The second-order valence-electron chi connectivity index (χ2n) is 4.50. The van der Waals surface area contributed by atoms with Crippen LogP contribution in [0.2, 0.25) is 0 Å². The molecule has 0 unspecified atom stereocenters. The lowest BCUT2D eigenvalue weighted by Crippen LogP contribution is -2.05. The number of hydrogen-bond donors (Lipinski definition) is 0. The second-order valence-corrected chi connectivity index (χ2v) is 4.50. The van der Waals surface area contributed by atoms with Crippen LogP contribution in [0.1, 0.15) is 58.3 Å². The van der Waals surface area contributed by atoms with Crippen molar-refractivity contribution in [2.45, 2.75) is 58.3 Å². The summed E-state index contributed by atoms with van der Waals surface area (Å²) in [5.41, 5.74) is 0.470. The smallest absolute Gasteiger partial charge is 0.338 e. The van der Waals surface area contributed by atoms with E-state index >= 15 is 0 Å². The molecule has 2 nitrogen and oxygen atoms in total. The standard InChI is InChI=1S/C14H22O2/c1-12(2)14(15)16-13-10-8-6-4-3-5-7-9-11-13/h10H,1,3-9,11H2,2H3/b13-10+. The zero-order valence-electron chi connectivity index (χ0n) is 10.3. The molecule has 0 N–H and O–H groups in total. The Hall–Kier alpha value is -1.05. The summed E-state index contributed by atoms with van der Waals surface area (Å²) in [5.74, 6) is 0.554. The van der Waals surface area contributed by atoms with Crippen molar-refractivity contribution < 1.29 is 9.53 Å². The van der Waals surface area contributed by atoms with Crippen LogP contribution in [0.15, 0.2) is 24.0 Å². The summed E-state index contributed by atoms with van der Waals surface area (Å²) >= 11 is 0. The van der Waals surface area contributed by atoms with Crippen LogP contribution in [0, 0.1) is 0 Å². The molecule has 16 heavy (non-hydrogen) atoms. The Bertz CT molecular complexity index is 276. The lowest BCUT2D eigenvalue weighted by Gasteiger charge is -2.10. The Kier molecular flexibility index (Phi) is 5.91. The number of allylic oxidation sites excluding steroid dienone is 2. The normalized spacial score (nSPS) is 21.7. The van der Waals surface area contributed by atoms with Crippen LogP contribution in [0.25, 0.3) is 0 Å². The molecule has 0 atom stereocenters. The van der Waals surface area contributed by atoms with E-state index in [4.69, 9.17) is 4.74 Å². The highest BCUT2D eigenvalue weighted by Gasteiger charge is 2.08. The molecule has 0 saturated carbocycles. The molecular weight excluding hydrogens is 200 g/mol. The fraction of sp³-hybridized carbons (Fsp3) is 0.643. The molecule has 0 bridgehead atoms. The number of carbonyl (C=O) groups is 1. The molecule has 0 amide bonds. The van der Waals surface area contributed by atoms with Gasteiger partial charge in [0.25, 0.3) is 0 Å². The predicted molar refractivity (Wildman–Crippen MR) is 65.9 cm³/mol. The van der Waals surface area contributed by atoms with Gasteiger partial charge >= 0.3 is 5.97 Å². The first-order valence-corrected chi connectivity index (χ1v) is 6.27. The van der Waals surface area contributed by atoms with Gasteiger partial charge in [-0.1, -0.05) is 32.3 Å². The minimum Gasteiger partial charge on any atom is -0.428 e. The zero-order valence-corrected chi connectivity index (χ0v) is 10.3. The van der Waals surface area contributed by atoms with Crippen molar-refractivity contribution in [2.75, 3.05) is 0 Å². The van der Waals surface area contributed by atoms with Crippen LogP contribution < -0.4 is 0 Å². The van der Waals surface area contributed by atoms with E-state index < -0.39 is 0 Å². The molecule has 2 heteroatoms. The molecule has 0 aliphatic heterocycles. The third kappa shape index (κ3) is 5.15. The quantitative estimate of drug-likeness (QED) is 0.519. The predicted octanol–water partition coefficient (Wildman–Crippen LogP) is 4.12. The van der Waals surface area contributed by atoms with Crippen LogP contribution in [0.4, 0.5) is 0 Å². The van der Waals surface area contributed by atoms with E-state index in [9.17, 15) is 4.79 Å². The molecule has 1 rings (SSSR count). The summed E-state index contributed by atoms with van der Waals surface area (Å²) < 4.78 is 5.31. The van der Waals surface area contributed by atoms with E-state index in [-0.39, 0.29) is 5.97 Å². The summed E-state index contributed by atoms with van der Waals surface area (Å²) in [6.07, 6.45) is 11.5. The van der Waals surface area contributed by atoms with Crippen molar-refractivity contribution in [3.05, 3.63) is 24.0 Å². The molecular formula is C14H22O2. The number of hydrogen-bond acceptors (Lipinski definition) is 2. The Morgan fingerprint density at radius 1 is 1.19 bits per heavy atom.